The molecule has 1 aliphatic carbocycles. The molecule has 4 rings (SSSR count). The van der Waals surface area contributed by atoms with Crippen LogP contribution in [0, 0.1) is 0 Å². The van der Waals surface area contributed by atoms with Crippen LogP contribution in [-0.4, -0.2) is 46.9 Å². The lowest BCUT2D eigenvalue weighted by Gasteiger charge is -2.17. The van der Waals surface area contributed by atoms with Crippen molar-refractivity contribution in [3.63, 3.8) is 0 Å². The number of benzene rings is 3. The standard InChI is InChI=1S/C26H24N2O6/c1-15(29)23(25(31)32)28-24(30)16-7-6-8-17(13-16)27-26(33)34-14-22-20-11-4-2-9-18(20)19-10-3-5-12-21(19)22/h2-13,15,22-23,29H,14H2,1H3,(H,27,33)(H,28,30)(H,31,32)/t15-,23+/m1/s1. The van der Waals surface area contributed by atoms with Crippen molar-refractivity contribution in [2.75, 3.05) is 11.9 Å². The predicted octanol–water partition coefficient (Wildman–Crippen LogP) is 3.61. The molecule has 8 heteroatoms. The van der Waals surface area contributed by atoms with Crippen LogP contribution >= 0.6 is 0 Å². The average molecular weight is 460 g/mol. The molecule has 0 saturated carbocycles. The first-order valence-electron chi connectivity index (χ1n) is 10.8. The summed E-state index contributed by atoms with van der Waals surface area (Å²) in [7, 11) is 0. The first-order chi connectivity index (χ1) is 16.3. The van der Waals surface area contributed by atoms with Crippen LogP contribution in [0.2, 0.25) is 0 Å². The number of carbonyl (C=O) groups excluding carboxylic acids is 2. The summed E-state index contributed by atoms with van der Waals surface area (Å²) in [6.45, 7) is 1.42. The third-order valence-electron chi connectivity index (χ3n) is 5.75. The van der Waals surface area contributed by atoms with Crippen LogP contribution in [0.4, 0.5) is 10.5 Å². The average Bonchev–Trinajstić information content (AvgIpc) is 3.14. The maximum atomic E-state index is 12.5. The molecule has 0 bridgehead atoms. The van der Waals surface area contributed by atoms with Crippen LogP contribution in [0.3, 0.4) is 0 Å². The third-order valence-corrected chi connectivity index (χ3v) is 5.75. The minimum atomic E-state index is -1.45. The van der Waals surface area contributed by atoms with E-state index in [0.29, 0.717) is 5.69 Å². The van der Waals surface area contributed by atoms with Crippen LogP contribution in [0.25, 0.3) is 11.1 Å². The highest BCUT2D eigenvalue weighted by Gasteiger charge is 2.29. The molecular weight excluding hydrogens is 436 g/mol. The zero-order valence-corrected chi connectivity index (χ0v) is 18.4. The molecule has 0 unspecified atom stereocenters. The highest BCUT2D eigenvalue weighted by molar-refractivity contribution is 5.98. The van der Waals surface area contributed by atoms with Crippen LogP contribution in [0.1, 0.15) is 34.3 Å². The lowest BCUT2D eigenvalue weighted by molar-refractivity contribution is -0.141. The molecular formula is C26H24N2O6. The van der Waals surface area contributed by atoms with E-state index in [1.807, 2.05) is 36.4 Å². The number of hydrogen-bond donors (Lipinski definition) is 4. The second-order valence-corrected chi connectivity index (χ2v) is 8.06. The van der Waals surface area contributed by atoms with Gasteiger partial charge in [0.05, 0.1) is 6.10 Å². The molecule has 2 atom stereocenters. The highest BCUT2D eigenvalue weighted by atomic mass is 16.5. The highest BCUT2D eigenvalue weighted by Crippen LogP contribution is 2.44. The molecule has 1 aliphatic rings. The van der Waals surface area contributed by atoms with Gasteiger partial charge in [-0.3, -0.25) is 10.1 Å². The van der Waals surface area contributed by atoms with Gasteiger partial charge in [-0.1, -0.05) is 54.6 Å². The van der Waals surface area contributed by atoms with E-state index in [9.17, 15) is 19.5 Å². The summed E-state index contributed by atoms with van der Waals surface area (Å²) >= 11 is 0. The first-order valence-corrected chi connectivity index (χ1v) is 10.8. The van der Waals surface area contributed by atoms with Crippen molar-refractivity contribution in [3.05, 3.63) is 89.5 Å². The smallest absolute Gasteiger partial charge is 0.411 e. The molecule has 0 fully saturated rings. The largest absolute Gasteiger partial charge is 0.480 e. The van der Waals surface area contributed by atoms with Crippen LogP contribution < -0.4 is 10.6 Å². The van der Waals surface area contributed by atoms with E-state index in [1.54, 1.807) is 12.1 Å². The minimum absolute atomic E-state index is 0.0799. The third kappa shape index (κ3) is 4.77. The minimum Gasteiger partial charge on any atom is -0.480 e. The molecule has 0 saturated heterocycles. The number of aliphatic carboxylic acids is 1. The Bertz CT molecular complexity index is 1190. The number of aliphatic hydroxyl groups excluding tert-OH is 1. The number of aliphatic hydroxyl groups is 1. The summed E-state index contributed by atoms with van der Waals surface area (Å²) in [5, 5.41) is 23.6. The SMILES string of the molecule is C[C@@H](O)[C@H](NC(=O)c1cccc(NC(=O)OCC2c3ccccc3-c3ccccc32)c1)C(=O)O. The lowest BCUT2D eigenvalue weighted by Crippen LogP contribution is -2.47. The van der Waals surface area contributed by atoms with Crippen molar-refractivity contribution in [1.82, 2.24) is 5.32 Å². The van der Waals surface area contributed by atoms with Crippen molar-refractivity contribution in [3.8, 4) is 11.1 Å². The first kappa shape index (κ1) is 23.0. The predicted molar refractivity (Wildman–Crippen MR) is 126 cm³/mol. The van der Waals surface area contributed by atoms with Gasteiger partial charge in [0.25, 0.3) is 5.91 Å². The van der Waals surface area contributed by atoms with Crippen LogP contribution in [-0.2, 0) is 9.53 Å². The van der Waals surface area contributed by atoms with Crippen molar-refractivity contribution in [1.29, 1.82) is 0 Å². The van der Waals surface area contributed by atoms with Gasteiger partial charge in [-0.05, 0) is 47.4 Å². The van der Waals surface area contributed by atoms with E-state index in [-0.39, 0.29) is 18.1 Å². The van der Waals surface area contributed by atoms with E-state index < -0.39 is 30.1 Å². The Kier molecular flexibility index (Phi) is 6.60. The van der Waals surface area contributed by atoms with Gasteiger partial charge in [0, 0.05) is 17.2 Å². The quantitative estimate of drug-likeness (QED) is 0.427. The number of carboxylic acid groups (broad SMARTS) is 1. The normalized spacial score (nSPS) is 13.8. The number of ether oxygens (including phenoxy) is 1. The number of carboxylic acids is 1. The fourth-order valence-corrected chi connectivity index (χ4v) is 4.10. The Morgan fingerprint density at radius 3 is 2.15 bits per heavy atom. The second kappa shape index (κ2) is 9.76. The van der Waals surface area contributed by atoms with Gasteiger partial charge in [0.2, 0.25) is 0 Å². The number of carbonyl (C=O) groups is 3. The maximum absolute atomic E-state index is 12.5. The Hall–Kier alpha value is -4.17. The summed E-state index contributed by atoms with van der Waals surface area (Å²) in [5.41, 5.74) is 4.89. The fraction of sp³-hybridized carbons (Fsp3) is 0.192. The van der Waals surface area contributed by atoms with Gasteiger partial charge < -0.3 is 20.3 Å². The molecule has 8 nitrogen and oxygen atoms in total. The molecule has 174 valence electrons. The van der Waals surface area contributed by atoms with Gasteiger partial charge in [-0.2, -0.15) is 0 Å². The summed E-state index contributed by atoms with van der Waals surface area (Å²) in [6.07, 6.45) is -1.95. The Morgan fingerprint density at radius 1 is 0.941 bits per heavy atom. The van der Waals surface area contributed by atoms with E-state index in [4.69, 9.17) is 9.84 Å². The van der Waals surface area contributed by atoms with E-state index in [2.05, 4.69) is 22.8 Å². The van der Waals surface area contributed by atoms with E-state index in [1.165, 1.54) is 19.1 Å². The molecule has 4 N–H and O–H groups in total. The van der Waals surface area contributed by atoms with Crippen molar-refractivity contribution >= 4 is 23.7 Å². The second-order valence-electron chi connectivity index (χ2n) is 8.06. The number of fused-ring (bicyclic) bond motifs is 3. The number of hydrogen-bond acceptors (Lipinski definition) is 5. The molecule has 3 aromatic carbocycles. The molecule has 3 aromatic rings. The Morgan fingerprint density at radius 2 is 1.56 bits per heavy atom. The van der Waals surface area contributed by atoms with Gasteiger partial charge >= 0.3 is 12.1 Å². The Balaban J connectivity index is 1.41. The number of anilines is 1. The lowest BCUT2D eigenvalue weighted by atomic mass is 9.98. The summed E-state index contributed by atoms with van der Waals surface area (Å²) in [6, 6.07) is 20.6. The number of rotatable bonds is 7. The van der Waals surface area contributed by atoms with E-state index in [0.717, 1.165) is 22.3 Å². The summed E-state index contributed by atoms with van der Waals surface area (Å²) < 4.78 is 5.51. The molecule has 2 amide bonds. The number of nitrogens with one attached hydrogen (secondary N) is 2. The number of amides is 2. The molecule has 0 heterocycles. The molecule has 0 aliphatic heterocycles. The zero-order chi connectivity index (χ0) is 24.2. The van der Waals surface area contributed by atoms with Crippen molar-refractivity contribution in [2.24, 2.45) is 0 Å². The van der Waals surface area contributed by atoms with Crippen LogP contribution in [0.15, 0.2) is 72.8 Å². The molecule has 0 spiro atoms. The topological polar surface area (TPSA) is 125 Å². The summed E-state index contributed by atoms with van der Waals surface area (Å²) in [4.78, 5) is 36.1. The van der Waals surface area contributed by atoms with Crippen molar-refractivity contribution in [2.45, 2.75) is 25.0 Å². The molecule has 0 radical (unpaired) electrons. The van der Waals surface area contributed by atoms with Gasteiger partial charge in [0.1, 0.15) is 6.61 Å². The maximum Gasteiger partial charge on any atom is 0.411 e. The van der Waals surface area contributed by atoms with Gasteiger partial charge in [-0.25, -0.2) is 9.59 Å². The van der Waals surface area contributed by atoms with Gasteiger partial charge in [0.15, 0.2) is 6.04 Å². The van der Waals surface area contributed by atoms with Crippen LogP contribution in [0.5, 0.6) is 0 Å². The van der Waals surface area contributed by atoms with E-state index >= 15 is 0 Å². The van der Waals surface area contributed by atoms with Gasteiger partial charge in [-0.15, -0.1) is 0 Å². The summed E-state index contributed by atoms with van der Waals surface area (Å²) in [5.74, 6) is -2.12. The Labute approximate surface area is 196 Å². The van der Waals surface area contributed by atoms with Crippen molar-refractivity contribution < 1.29 is 29.3 Å². The zero-order valence-electron chi connectivity index (χ0n) is 18.4. The molecule has 0 aromatic heterocycles. The molecule has 34 heavy (non-hydrogen) atoms. The fourth-order valence-electron chi connectivity index (χ4n) is 4.10. The monoisotopic (exact) mass is 460 g/mol.